The maximum absolute atomic E-state index is 13.3. The van der Waals surface area contributed by atoms with Crippen LogP contribution in [0.1, 0.15) is 0 Å². The summed E-state index contributed by atoms with van der Waals surface area (Å²) in [7, 11) is 1.70. The van der Waals surface area contributed by atoms with Crippen LogP contribution in [0.15, 0.2) is 24.4 Å². The van der Waals surface area contributed by atoms with E-state index < -0.39 is 11.6 Å². The highest BCUT2D eigenvalue weighted by Gasteiger charge is 2.10. The molecule has 3 nitrogen and oxygen atoms in total. The molecule has 2 aromatic rings. The standard InChI is InChI=1S/C10H9F2N3/c1-15-5-9(14-10(15)13)7-3-2-6(11)4-8(7)12/h2-5H,1H3,(H2,13,14). The second-order valence-corrected chi connectivity index (χ2v) is 3.22. The van der Waals surface area contributed by atoms with Crippen molar-refractivity contribution in [1.29, 1.82) is 0 Å². The van der Waals surface area contributed by atoms with Crippen LogP contribution in [0.3, 0.4) is 0 Å². The molecule has 1 heterocycles. The lowest BCUT2D eigenvalue weighted by Gasteiger charge is -1.98. The molecule has 15 heavy (non-hydrogen) atoms. The van der Waals surface area contributed by atoms with Crippen molar-refractivity contribution < 1.29 is 8.78 Å². The van der Waals surface area contributed by atoms with Gasteiger partial charge in [-0.15, -0.1) is 0 Å². The van der Waals surface area contributed by atoms with Gasteiger partial charge in [0.1, 0.15) is 11.6 Å². The zero-order chi connectivity index (χ0) is 11.0. The average molecular weight is 209 g/mol. The highest BCUT2D eigenvalue weighted by Crippen LogP contribution is 2.22. The van der Waals surface area contributed by atoms with Crippen molar-refractivity contribution in [2.24, 2.45) is 7.05 Å². The predicted molar refractivity (Wildman–Crippen MR) is 53.0 cm³/mol. The Morgan fingerprint density at radius 2 is 2.07 bits per heavy atom. The molecule has 0 aliphatic rings. The Kier molecular flexibility index (Phi) is 2.15. The van der Waals surface area contributed by atoms with Gasteiger partial charge in [0.05, 0.1) is 5.69 Å². The molecule has 0 saturated carbocycles. The lowest BCUT2D eigenvalue weighted by atomic mass is 10.1. The Morgan fingerprint density at radius 3 is 2.60 bits per heavy atom. The summed E-state index contributed by atoms with van der Waals surface area (Å²) in [4.78, 5) is 3.95. The molecule has 0 aliphatic carbocycles. The monoisotopic (exact) mass is 209 g/mol. The predicted octanol–water partition coefficient (Wildman–Crippen LogP) is 1.95. The molecule has 0 aliphatic heterocycles. The Bertz CT molecular complexity index is 486. The minimum Gasteiger partial charge on any atom is -0.369 e. The van der Waals surface area contributed by atoms with Crippen molar-refractivity contribution in [3.8, 4) is 11.3 Å². The highest BCUT2D eigenvalue weighted by atomic mass is 19.1. The topological polar surface area (TPSA) is 43.8 Å². The molecule has 2 N–H and O–H groups in total. The second kappa shape index (κ2) is 3.34. The number of rotatable bonds is 1. The number of aromatic nitrogens is 2. The number of benzene rings is 1. The van der Waals surface area contributed by atoms with Crippen LogP contribution in [-0.4, -0.2) is 9.55 Å². The second-order valence-electron chi connectivity index (χ2n) is 3.22. The SMILES string of the molecule is Cn1cc(-c2ccc(F)cc2F)nc1N. The van der Waals surface area contributed by atoms with E-state index in [9.17, 15) is 8.78 Å². The van der Waals surface area contributed by atoms with Gasteiger partial charge in [-0.3, -0.25) is 0 Å². The largest absolute Gasteiger partial charge is 0.369 e. The number of imidazole rings is 1. The molecule has 1 aromatic carbocycles. The summed E-state index contributed by atoms with van der Waals surface area (Å²) in [5, 5.41) is 0. The van der Waals surface area contributed by atoms with E-state index in [1.807, 2.05) is 0 Å². The van der Waals surface area contributed by atoms with Crippen LogP contribution in [0.25, 0.3) is 11.3 Å². The summed E-state index contributed by atoms with van der Waals surface area (Å²) < 4.78 is 27.6. The molecule has 0 atom stereocenters. The Labute approximate surface area is 85.2 Å². The van der Waals surface area contributed by atoms with Crippen molar-refractivity contribution in [2.45, 2.75) is 0 Å². The van der Waals surface area contributed by atoms with E-state index in [-0.39, 0.29) is 11.5 Å². The van der Waals surface area contributed by atoms with E-state index in [1.54, 1.807) is 17.8 Å². The molecule has 0 radical (unpaired) electrons. The van der Waals surface area contributed by atoms with Crippen molar-refractivity contribution >= 4 is 5.95 Å². The molecular formula is C10H9F2N3. The fourth-order valence-corrected chi connectivity index (χ4v) is 1.31. The molecular weight excluding hydrogens is 200 g/mol. The van der Waals surface area contributed by atoms with Gasteiger partial charge < -0.3 is 10.3 Å². The van der Waals surface area contributed by atoms with Gasteiger partial charge in [-0.1, -0.05) is 0 Å². The van der Waals surface area contributed by atoms with E-state index in [0.717, 1.165) is 6.07 Å². The van der Waals surface area contributed by atoms with Gasteiger partial charge in [-0.05, 0) is 12.1 Å². The number of nitrogens with zero attached hydrogens (tertiary/aromatic N) is 2. The fraction of sp³-hybridized carbons (Fsp3) is 0.100. The maximum atomic E-state index is 13.3. The summed E-state index contributed by atoms with van der Waals surface area (Å²) in [5.41, 5.74) is 6.15. The zero-order valence-corrected chi connectivity index (χ0v) is 8.04. The van der Waals surface area contributed by atoms with E-state index >= 15 is 0 Å². The van der Waals surface area contributed by atoms with Crippen molar-refractivity contribution in [3.63, 3.8) is 0 Å². The van der Waals surface area contributed by atoms with Crippen LogP contribution in [-0.2, 0) is 7.05 Å². The highest BCUT2D eigenvalue weighted by molar-refractivity contribution is 5.60. The van der Waals surface area contributed by atoms with E-state index in [2.05, 4.69) is 4.98 Å². The normalized spacial score (nSPS) is 10.6. The van der Waals surface area contributed by atoms with Gasteiger partial charge in [0.15, 0.2) is 5.95 Å². The molecule has 0 unspecified atom stereocenters. The molecule has 0 bridgehead atoms. The Hall–Kier alpha value is -1.91. The van der Waals surface area contributed by atoms with Crippen molar-refractivity contribution in [2.75, 3.05) is 5.73 Å². The van der Waals surface area contributed by atoms with Crippen LogP contribution < -0.4 is 5.73 Å². The average Bonchev–Trinajstić information content (AvgIpc) is 2.46. The van der Waals surface area contributed by atoms with Gasteiger partial charge in [0, 0.05) is 24.9 Å². The quantitative estimate of drug-likeness (QED) is 0.780. The Balaban J connectivity index is 2.54. The third kappa shape index (κ3) is 1.68. The van der Waals surface area contributed by atoms with Crippen LogP contribution >= 0.6 is 0 Å². The molecule has 0 fully saturated rings. The summed E-state index contributed by atoms with van der Waals surface area (Å²) in [6.45, 7) is 0. The van der Waals surface area contributed by atoms with Crippen LogP contribution in [0.2, 0.25) is 0 Å². The van der Waals surface area contributed by atoms with Gasteiger partial charge in [0.2, 0.25) is 0 Å². The van der Waals surface area contributed by atoms with Gasteiger partial charge in [-0.2, -0.15) is 0 Å². The third-order valence-corrected chi connectivity index (χ3v) is 2.12. The number of halogens is 2. The first-order valence-electron chi connectivity index (χ1n) is 4.32. The van der Waals surface area contributed by atoms with Crippen molar-refractivity contribution in [1.82, 2.24) is 9.55 Å². The number of nitrogen functional groups attached to an aromatic ring is 1. The van der Waals surface area contributed by atoms with Gasteiger partial charge in [-0.25, -0.2) is 13.8 Å². The summed E-state index contributed by atoms with van der Waals surface area (Å²) in [6, 6.07) is 3.34. The molecule has 0 spiro atoms. The fourth-order valence-electron chi connectivity index (χ4n) is 1.31. The summed E-state index contributed by atoms with van der Waals surface area (Å²) >= 11 is 0. The van der Waals surface area contributed by atoms with Crippen LogP contribution in [0, 0.1) is 11.6 Å². The van der Waals surface area contributed by atoms with Crippen LogP contribution in [0.4, 0.5) is 14.7 Å². The number of hydrogen-bond acceptors (Lipinski definition) is 2. The van der Waals surface area contributed by atoms with E-state index in [1.165, 1.54) is 12.1 Å². The number of aryl methyl sites for hydroxylation is 1. The molecule has 0 saturated heterocycles. The number of anilines is 1. The first-order chi connectivity index (χ1) is 7.08. The summed E-state index contributed by atoms with van der Waals surface area (Å²) in [5.74, 6) is -0.970. The maximum Gasteiger partial charge on any atom is 0.200 e. The molecule has 2 rings (SSSR count). The molecule has 0 amide bonds. The van der Waals surface area contributed by atoms with Gasteiger partial charge in [0.25, 0.3) is 0 Å². The van der Waals surface area contributed by atoms with E-state index in [4.69, 9.17) is 5.73 Å². The minimum absolute atomic E-state index is 0.240. The van der Waals surface area contributed by atoms with E-state index in [0.29, 0.717) is 5.69 Å². The first kappa shape index (κ1) is 9.64. The lowest BCUT2D eigenvalue weighted by molar-refractivity contribution is 0.585. The lowest BCUT2D eigenvalue weighted by Crippen LogP contribution is -1.94. The summed E-state index contributed by atoms with van der Waals surface area (Å²) in [6.07, 6.45) is 1.59. The van der Waals surface area contributed by atoms with Gasteiger partial charge >= 0.3 is 0 Å². The molecule has 1 aromatic heterocycles. The Morgan fingerprint density at radius 1 is 1.33 bits per heavy atom. The zero-order valence-electron chi connectivity index (χ0n) is 8.04. The molecule has 78 valence electrons. The smallest absolute Gasteiger partial charge is 0.200 e. The minimum atomic E-state index is -0.645. The van der Waals surface area contributed by atoms with Crippen molar-refractivity contribution in [3.05, 3.63) is 36.0 Å². The van der Waals surface area contributed by atoms with Crippen LogP contribution in [0.5, 0.6) is 0 Å². The third-order valence-electron chi connectivity index (χ3n) is 2.12. The number of nitrogens with two attached hydrogens (primary N) is 1. The first-order valence-corrected chi connectivity index (χ1v) is 4.32. The number of hydrogen-bond donors (Lipinski definition) is 1. The molecule has 5 heteroatoms.